The van der Waals surface area contributed by atoms with Crippen molar-refractivity contribution in [2.45, 2.75) is 52.6 Å². The van der Waals surface area contributed by atoms with Gasteiger partial charge in [-0.3, -0.25) is 9.69 Å². The van der Waals surface area contributed by atoms with Crippen molar-refractivity contribution in [2.75, 3.05) is 7.05 Å². The molecule has 1 aromatic rings. The van der Waals surface area contributed by atoms with E-state index in [1.807, 2.05) is 11.9 Å². The molecule has 0 spiro atoms. The maximum absolute atomic E-state index is 11.3. The van der Waals surface area contributed by atoms with Crippen molar-refractivity contribution in [1.82, 2.24) is 4.90 Å². The third kappa shape index (κ3) is 3.57. The van der Waals surface area contributed by atoms with Gasteiger partial charge in [0.15, 0.2) is 0 Å². The van der Waals surface area contributed by atoms with Crippen LogP contribution in [0, 0.1) is 6.92 Å². The quantitative estimate of drug-likeness (QED) is 0.885. The average molecular weight is 263 g/mol. The van der Waals surface area contributed by atoms with Crippen LogP contribution in [-0.4, -0.2) is 28.6 Å². The number of hydrogen-bond donors (Lipinski definition) is 1. The first-order valence-electron chi connectivity index (χ1n) is 6.70. The van der Waals surface area contributed by atoms with Gasteiger partial charge in [-0.05, 0) is 50.4 Å². The van der Waals surface area contributed by atoms with Gasteiger partial charge in [-0.25, -0.2) is 0 Å². The zero-order chi connectivity index (χ0) is 14.8. The molecule has 0 aliphatic rings. The predicted molar refractivity (Wildman–Crippen MR) is 78.4 cm³/mol. The molecule has 3 nitrogen and oxygen atoms in total. The number of nitrogens with zero attached hydrogens (tertiary/aromatic N) is 1. The number of aliphatic carboxylic acids is 1. The second kappa shape index (κ2) is 5.74. The second-order valence-corrected chi connectivity index (χ2v) is 6.06. The van der Waals surface area contributed by atoms with Crippen LogP contribution in [0.1, 0.15) is 50.3 Å². The van der Waals surface area contributed by atoms with Crippen LogP contribution in [0.25, 0.3) is 0 Å². The van der Waals surface area contributed by atoms with Crippen molar-refractivity contribution in [3.05, 3.63) is 34.9 Å². The molecule has 0 bridgehead atoms. The minimum Gasteiger partial charge on any atom is -0.480 e. The van der Waals surface area contributed by atoms with Gasteiger partial charge in [0.1, 0.15) is 5.54 Å². The van der Waals surface area contributed by atoms with Crippen molar-refractivity contribution >= 4 is 5.97 Å². The Bertz CT molecular complexity index is 464. The molecular formula is C16H25NO2. The van der Waals surface area contributed by atoms with Crippen molar-refractivity contribution in [1.29, 1.82) is 0 Å². The standard InChI is InChI=1S/C16H25NO2/c1-11(2)13-8-7-12(3)14(9-13)10-17(6)16(4,5)15(18)19/h7-9,11H,10H2,1-6H3,(H,18,19). The first-order valence-corrected chi connectivity index (χ1v) is 6.70. The Morgan fingerprint density at radius 3 is 2.42 bits per heavy atom. The van der Waals surface area contributed by atoms with Gasteiger partial charge in [-0.15, -0.1) is 0 Å². The fourth-order valence-corrected chi connectivity index (χ4v) is 1.84. The molecule has 0 atom stereocenters. The Morgan fingerprint density at radius 1 is 1.37 bits per heavy atom. The van der Waals surface area contributed by atoms with Gasteiger partial charge < -0.3 is 5.11 Å². The molecule has 1 aromatic carbocycles. The molecule has 0 saturated heterocycles. The van der Waals surface area contributed by atoms with Gasteiger partial charge in [0.25, 0.3) is 0 Å². The van der Waals surface area contributed by atoms with Crippen LogP contribution in [0.3, 0.4) is 0 Å². The molecule has 3 heteroatoms. The van der Waals surface area contributed by atoms with E-state index in [9.17, 15) is 9.90 Å². The highest BCUT2D eigenvalue weighted by Gasteiger charge is 2.32. The Kier molecular flexibility index (Phi) is 4.75. The second-order valence-electron chi connectivity index (χ2n) is 6.06. The third-order valence-electron chi connectivity index (χ3n) is 3.93. The summed E-state index contributed by atoms with van der Waals surface area (Å²) in [5.41, 5.74) is 2.84. The van der Waals surface area contributed by atoms with E-state index < -0.39 is 11.5 Å². The van der Waals surface area contributed by atoms with Crippen molar-refractivity contribution < 1.29 is 9.90 Å². The number of carboxylic acids is 1. The Morgan fingerprint density at radius 2 is 1.95 bits per heavy atom. The van der Waals surface area contributed by atoms with E-state index in [0.717, 1.165) is 0 Å². The fourth-order valence-electron chi connectivity index (χ4n) is 1.84. The summed E-state index contributed by atoms with van der Waals surface area (Å²) >= 11 is 0. The summed E-state index contributed by atoms with van der Waals surface area (Å²) in [6.07, 6.45) is 0. The van der Waals surface area contributed by atoms with Crippen LogP contribution < -0.4 is 0 Å². The predicted octanol–water partition coefficient (Wildman–Crippen LogP) is 3.41. The van der Waals surface area contributed by atoms with E-state index in [2.05, 4.69) is 39.0 Å². The summed E-state index contributed by atoms with van der Waals surface area (Å²) in [6, 6.07) is 6.45. The molecule has 0 radical (unpaired) electrons. The lowest BCUT2D eigenvalue weighted by Gasteiger charge is -2.32. The van der Waals surface area contributed by atoms with Crippen molar-refractivity contribution in [3.8, 4) is 0 Å². The molecule has 19 heavy (non-hydrogen) atoms. The average Bonchev–Trinajstić information content (AvgIpc) is 2.31. The molecule has 106 valence electrons. The van der Waals surface area contributed by atoms with Crippen molar-refractivity contribution in [3.63, 3.8) is 0 Å². The summed E-state index contributed by atoms with van der Waals surface area (Å²) in [7, 11) is 1.86. The normalized spacial score (nSPS) is 12.2. The number of rotatable bonds is 5. The molecule has 0 unspecified atom stereocenters. The summed E-state index contributed by atoms with van der Waals surface area (Å²) in [5.74, 6) is -0.315. The number of carboxylic acid groups (broad SMARTS) is 1. The van der Waals surface area contributed by atoms with E-state index >= 15 is 0 Å². The van der Waals surface area contributed by atoms with E-state index in [-0.39, 0.29) is 0 Å². The number of hydrogen-bond acceptors (Lipinski definition) is 2. The number of aryl methyl sites for hydroxylation is 1. The summed E-state index contributed by atoms with van der Waals surface area (Å²) in [6.45, 7) is 10.5. The molecule has 0 saturated carbocycles. The minimum absolute atomic E-state index is 0.483. The van der Waals surface area contributed by atoms with Gasteiger partial charge in [-0.2, -0.15) is 0 Å². The molecule has 0 aliphatic heterocycles. The highest BCUT2D eigenvalue weighted by atomic mass is 16.4. The summed E-state index contributed by atoms with van der Waals surface area (Å²) < 4.78 is 0. The lowest BCUT2D eigenvalue weighted by molar-refractivity contribution is -0.148. The zero-order valence-corrected chi connectivity index (χ0v) is 12.8. The topological polar surface area (TPSA) is 40.5 Å². The van der Waals surface area contributed by atoms with Crippen LogP contribution in [0.2, 0.25) is 0 Å². The molecule has 0 aromatic heterocycles. The largest absolute Gasteiger partial charge is 0.480 e. The zero-order valence-electron chi connectivity index (χ0n) is 12.8. The Balaban J connectivity index is 2.99. The lowest BCUT2D eigenvalue weighted by Crippen LogP contribution is -2.47. The van der Waals surface area contributed by atoms with Crippen LogP contribution in [0.15, 0.2) is 18.2 Å². The van der Waals surface area contributed by atoms with Crippen LogP contribution in [0.5, 0.6) is 0 Å². The summed E-state index contributed by atoms with van der Waals surface area (Å²) in [5, 5.41) is 9.26. The maximum Gasteiger partial charge on any atom is 0.323 e. The van der Waals surface area contributed by atoms with Gasteiger partial charge in [0.05, 0.1) is 0 Å². The third-order valence-corrected chi connectivity index (χ3v) is 3.93. The minimum atomic E-state index is -0.861. The van der Waals surface area contributed by atoms with Gasteiger partial charge >= 0.3 is 5.97 Å². The fraction of sp³-hybridized carbons (Fsp3) is 0.562. The number of carbonyl (C=O) groups is 1. The van der Waals surface area contributed by atoms with Crippen LogP contribution >= 0.6 is 0 Å². The van der Waals surface area contributed by atoms with Gasteiger partial charge in [-0.1, -0.05) is 32.0 Å². The maximum atomic E-state index is 11.3. The van der Waals surface area contributed by atoms with Crippen molar-refractivity contribution in [2.24, 2.45) is 0 Å². The van der Waals surface area contributed by atoms with Gasteiger partial charge in [0, 0.05) is 6.54 Å². The molecule has 0 heterocycles. The Hall–Kier alpha value is -1.35. The highest BCUT2D eigenvalue weighted by Crippen LogP contribution is 2.22. The first-order chi connectivity index (χ1) is 8.66. The first kappa shape index (κ1) is 15.7. The van der Waals surface area contributed by atoms with Crippen LogP contribution in [-0.2, 0) is 11.3 Å². The van der Waals surface area contributed by atoms with E-state index in [4.69, 9.17) is 0 Å². The summed E-state index contributed by atoms with van der Waals surface area (Å²) in [4.78, 5) is 13.1. The molecule has 0 fully saturated rings. The van der Waals surface area contributed by atoms with E-state index in [1.165, 1.54) is 16.7 Å². The van der Waals surface area contributed by atoms with Crippen LogP contribution in [0.4, 0.5) is 0 Å². The monoisotopic (exact) mass is 263 g/mol. The SMILES string of the molecule is Cc1ccc(C(C)C)cc1CN(C)C(C)(C)C(=O)O. The molecule has 0 amide bonds. The smallest absolute Gasteiger partial charge is 0.323 e. The number of likely N-dealkylation sites (N-methyl/N-ethyl adjacent to an activating group) is 1. The highest BCUT2D eigenvalue weighted by molar-refractivity contribution is 5.77. The number of benzene rings is 1. The molecule has 0 aliphatic carbocycles. The van der Waals surface area contributed by atoms with Gasteiger partial charge in [0.2, 0.25) is 0 Å². The van der Waals surface area contributed by atoms with E-state index in [1.54, 1.807) is 13.8 Å². The molecule has 1 N–H and O–H groups in total. The molecule has 1 rings (SSSR count). The Labute approximate surface area is 116 Å². The lowest BCUT2D eigenvalue weighted by atomic mass is 9.96. The molecular weight excluding hydrogens is 238 g/mol. The van der Waals surface area contributed by atoms with E-state index in [0.29, 0.717) is 12.5 Å².